The minimum atomic E-state index is -0.215. The second kappa shape index (κ2) is 5.39. The molecule has 0 radical (unpaired) electrons. The van der Waals surface area contributed by atoms with E-state index in [0.717, 1.165) is 5.56 Å². The average molecular weight is 242 g/mol. The molecular weight excluding hydrogens is 228 g/mol. The Balaban J connectivity index is 2.50. The predicted octanol–water partition coefficient (Wildman–Crippen LogP) is 2.60. The monoisotopic (exact) mass is 242 g/mol. The van der Waals surface area contributed by atoms with E-state index in [0.29, 0.717) is 17.1 Å². The van der Waals surface area contributed by atoms with Crippen LogP contribution in [0.1, 0.15) is 11.5 Å². The molecule has 1 aliphatic carbocycles. The lowest BCUT2D eigenvalue weighted by molar-refractivity contribution is 0.256. The summed E-state index contributed by atoms with van der Waals surface area (Å²) in [6.45, 7) is 0. The van der Waals surface area contributed by atoms with E-state index in [4.69, 9.17) is 9.47 Å². The van der Waals surface area contributed by atoms with Gasteiger partial charge >= 0.3 is 0 Å². The van der Waals surface area contributed by atoms with Crippen LogP contribution in [0.2, 0.25) is 0 Å². The number of allylic oxidation sites excluding steroid dienone is 3. The van der Waals surface area contributed by atoms with E-state index in [1.807, 2.05) is 36.3 Å². The minimum Gasteiger partial charge on any atom is -0.500 e. The van der Waals surface area contributed by atoms with Gasteiger partial charge in [0, 0.05) is 6.08 Å². The first-order valence-electron chi connectivity index (χ1n) is 5.61. The van der Waals surface area contributed by atoms with E-state index < -0.39 is 0 Å². The number of hydrogen-bond acceptors (Lipinski definition) is 3. The van der Waals surface area contributed by atoms with Gasteiger partial charge in [0.2, 0.25) is 0 Å². The topological polar surface area (TPSA) is 35.5 Å². The van der Waals surface area contributed by atoms with Gasteiger partial charge in [0.15, 0.2) is 0 Å². The summed E-state index contributed by atoms with van der Waals surface area (Å²) in [4.78, 5) is 11.1. The second-order valence-corrected chi connectivity index (χ2v) is 3.90. The fourth-order valence-electron chi connectivity index (χ4n) is 2.03. The van der Waals surface area contributed by atoms with Crippen LogP contribution in [0.25, 0.3) is 0 Å². The lowest BCUT2D eigenvalue weighted by Crippen LogP contribution is -2.12. The standard InChI is InChI=1S/C15H14O3/c1-17-13-8-12(10-16)15(14(9-13)18-2)11-6-4-3-5-7-11/h3-9,15H,1-2H3. The van der Waals surface area contributed by atoms with Crippen molar-refractivity contribution in [3.05, 3.63) is 65.1 Å². The van der Waals surface area contributed by atoms with E-state index in [1.54, 1.807) is 26.4 Å². The lowest BCUT2D eigenvalue weighted by atomic mass is 9.86. The predicted molar refractivity (Wildman–Crippen MR) is 68.6 cm³/mol. The Morgan fingerprint density at radius 2 is 1.78 bits per heavy atom. The largest absolute Gasteiger partial charge is 0.500 e. The molecule has 0 saturated heterocycles. The number of hydrogen-bond donors (Lipinski definition) is 0. The molecule has 0 fully saturated rings. The molecule has 1 aromatic carbocycles. The van der Waals surface area contributed by atoms with Gasteiger partial charge in [0.05, 0.1) is 25.7 Å². The van der Waals surface area contributed by atoms with Crippen LogP contribution in [0.3, 0.4) is 0 Å². The number of methoxy groups -OCH3 is 2. The van der Waals surface area contributed by atoms with Crippen molar-refractivity contribution in [1.29, 1.82) is 0 Å². The van der Waals surface area contributed by atoms with Crippen LogP contribution in [-0.4, -0.2) is 20.2 Å². The van der Waals surface area contributed by atoms with E-state index in [-0.39, 0.29) is 5.92 Å². The van der Waals surface area contributed by atoms with Crippen molar-refractivity contribution >= 4 is 5.94 Å². The summed E-state index contributed by atoms with van der Waals surface area (Å²) in [7, 11) is 3.14. The molecule has 0 N–H and O–H groups in total. The smallest absolute Gasteiger partial charge is 0.129 e. The molecule has 1 aliphatic rings. The first kappa shape index (κ1) is 12.2. The highest BCUT2D eigenvalue weighted by Gasteiger charge is 2.26. The lowest BCUT2D eigenvalue weighted by Gasteiger charge is -2.23. The summed E-state index contributed by atoms with van der Waals surface area (Å²) < 4.78 is 10.5. The molecule has 1 unspecified atom stereocenters. The third-order valence-electron chi connectivity index (χ3n) is 2.90. The van der Waals surface area contributed by atoms with Gasteiger partial charge in [0.1, 0.15) is 17.5 Å². The van der Waals surface area contributed by atoms with Crippen LogP contribution in [0, 0.1) is 0 Å². The summed E-state index contributed by atoms with van der Waals surface area (Å²) in [6, 6.07) is 9.71. The SMILES string of the molecule is COC1=CC(=C=O)C(c2ccccc2)C(OC)=C1. The van der Waals surface area contributed by atoms with Crippen LogP contribution < -0.4 is 0 Å². The van der Waals surface area contributed by atoms with Crippen molar-refractivity contribution in [2.24, 2.45) is 0 Å². The summed E-state index contributed by atoms with van der Waals surface area (Å²) in [6.07, 6.45) is 3.48. The zero-order valence-electron chi connectivity index (χ0n) is 10.3. The molecule has 2 rings (SSSR count). The van der Waals surface area contributed by atoms with Crippen LogP contribution in [0.5, 0.6) is 0 Å². The molecule has 0 bridgehead atoms. The molecule has 0 aliphatic heterocycles. The molecule has 1 aromatic rings. The zero-order chi connectivity index (χ0) is 13.0. The van der Waals surface area contributed by atoms with Crippen LogP contribution in [-0.2, 0) is 14.3 Å². The Hall–Kier alpha value is -2.25. The summed E-state index contributed by atoms with van der Waals surface area (Å²) in [5, 5.41) is 0. The van der Waals surface area contributed by atoms with Crippen molar-refractivity contribution in [3.8, 4) is 0 Å². The molecule has 3 nitrogen and oxygen atoms in total. The third kappa shape index (κ3) is 2.22. The van der Waals surface area contributed by atoms with E-state index in [2.05, 4.69) is 0 Å². The van der Waals surface area contributed by atoms with Crippen molar-refractivity contribution in [1.82, 2.24) is 0 Å². The molecule has 0 aromatic heterocycles. The average Bonchev–Trinajstić information content (AvgIpc) is 2.46. The number of rotatable bonds is 3. The van der Waals surface area contributed by atoms with Gasteiger partial charge in [0.25, 0.3) is 0 Å². The maximum atomic E-state index is 11.1. The highest BCUT2D eigenvalue weighted by molar-refractivity contribution is 5.65. The number of carbonyl (C=O) groups excluding carboxylic acids is 1. The van der Waals surface area contributed by atoms with Gasteiger partial charge in [-0.1, -0.05) is 30.3 Å². The first-order valence-corrected chi connectivity index (χ1v) is 5.61. The molecule has 0 spiro atoms. The Morgan fingerprint density at radius 1 is 1.06 bits per heavy atom. The van der Waals surface area contributed by atoms with Gasteiger partial charge in [-0.25, -0.2) is 4.79 Å². The molecule has 0 saturated carbocycles. The maximum Gasteiger partial charge on any atom is 0.129 e. The van der Waals surface area contributed by atoms with Crippen molar-refractivity contribution < 1.29 is 14.3 Å². The maximum absolute atomic E-state index is 11.1. The summed E-state index contributed by atoms with van der Waals surface area (Å²) >= 11 is 0. The highest BCUT2D eigenvalue weighted by Crippen LogP contribution is 2.36. The Kier molecular flexibility index (Phi) is 3.66. The van der Waals surface area contributed by atoms with Gasteiger partial charge < -0.3 is 9.47 Å². The highest BCUT2D eigenvalue weighted by atomic mass is 16.5. The minimum absolute atomic E-state index is 0.215. The summed E-state index contributed by atoms with van der Waals surface area (Å²) in [5.74, 6) is 3.03. The Morgan fingerprint density at radius 3 is 2.33 bits per heavy atom. The van der Waals surface area contributed by atoms with Crippen molar-refractivity contribution in [3.63, 3.8) is 0 Å². The molecule has 18 heavy (non-hydrogen) atoms. The first-order chi connectivity index (χ1) is 8.80. The second-order valence-electron chi connectivity index (χ2n) is 3.90. The summed E-state index contributed by atoms with van der Waals surface area (Å²) in [5.41, 5.74) is 1.51. The molecular formula is C15H14O3. The van der Waals surface area contributed by atoms with Gasteiger partial charge in [-0.2, -0.15) is 0 Å². The van der Waals surface area contributed by atoms with Gasteiger partial charge in [-0.05, 0) is 11.6 Å². The fraction of sp³-hybridized carbons (Fsp3) is 0.200. The van der Waals surface area contributed by atoms with Gasteiger partial charge in [-0.3, -0.25) is 0 Å². The van der Waals surface area contributed by atoms with E-state index in [1.165, 1.54) is 0 Å². The quantitative estimate of drug-likeness (QED) is 0.764. The Labute approximate surface area is 106 Å². The van der Waals surface area contributed by atoms with Crippen molar-refractivity contribution in [2.75, 3.05) is 14.2 Å². The molecule has 0 heterocycles. The van der Waals surface area contributed by atoms with Crippen LogP contribution in [0.15, 0.2) is 59.6 Å². The number of ether oxygens (including phenoxy) is 2. The molecule has 92 valence electrons. The third-order valence-corrected chi connectivity index (χ3v) is 2.90. The Bertz CT molecular complexity index is 534. The normalized spacial score (nSPS) is 18.6. The van der Waals surface area contributed by atoms with E-state index in [9.17, 15) is 4.79 Å². The molecule has 1 atom stereocenters. The molecule has 3 heteroatoms. The van der Waals surface area contributed by atoms with Gasteiger partial charge in [-0.15, -0.1) is 0 Å². The number of benzene rings is 1. The fourth-order valence-corrected chi connectivity index (χ4v) is 2.03. The molecule has 0 amide bonds. The zero-order valence-corrected chi connectivity index (χ0v) is 10.3. The van der Waals surface area contributed by atoms with E-state index >= 15 is 0 Å². The van der Waals surface area contributed by atoms with Crippen molar-refractivity contribution in [2.45, 2.75) is 5.92 Å². The van der Waals surface area contributed by atoms with Crippen LogP contribution in [0.4, 0.5) is 0 Å². The van der Waals surface area contributed by atoms with Crippen LogP contribution >= 0.6 is 0 Å².